The van der Waals surface area contributed by atoms with E-state index in [9.17, 15) is 18.0 Å². The number of anilines is 2. The van der Waals surface area contributed by atoms with Gasteiger partial charge < -0.3 is 19.9 Å². The van der Waals surface area contributed by atoms with Gasteiger partial charge in [0, 0.05) is 12.2 Å². The maximum Gasteiger partial charge on any atom is 0.416 e. The van der Waals surface area contributed by atoms with E-state index in [1.54, 1.807) is 26.2 Å². The number of methoxy groups -OCH3 is 1. The first-order valence-corrected chi connectivity index (χ1v) is 8.59. The lowest BCUT2D eigenvalue weighted by Gasteiger charge is -2.10. The summed E-state index contributed by atoms with van der Waals surface area (Å²) in [7, 11) is 1.57. The summed E-state index contributed by atoms with van der Waals surface area (Å²) in [4.78, 5) is 12.6. The number of benzene rings is 2. The minimum absolute atomic E-state index is 0.0199. The van der Waals surface area contributed by atoms with Crippen LogP contribution in [0, 0.1) is 6.92 Å². The molecule has 152 valence electrons. The van der Waals surface area contributed by atoms with Gasteiger partial charge in [0.1, 0.15) is 11.3 Å². The van der Waals surface area contributed by atoms with Crippen molar-refractivity contribution in [2.24, 2.45) is 0 Å². The second-order valence-electron chi connectivity index (χ2n) is 6.21. The van der Waals surface area contributed by atoms with Gasteiger partial charge in [0.05, 0.1) is 18.4 Å². The largest absolute Gasteiger partial charge is 0.497 e. The molecule has 1 amide bonds. The lowest BCUT2D eigenvalue weighted by molar-refractivity contribution is -0.137. The lowest BCUT2D eigenvalue weighted by atomic mass is 10.1. The molecule has 2 N–H and O–H groups in total. The number of aryl methyl sites for hydroxylation is 1. The Labute approximate surface area is 164 Å². The second-order valence-corrected chi connectivity index (χ2v) is 6.21. The number of halogens is 3. The summed E-state index contributed by atoms with van der Waals surface area (Å²) in [6, 6.07) is 11.7. The fourth-order valence-electron chi connectivity index (χ4n) is 2.65. The summed E-state index contributed by atoms with van der Waals surface area (Å²) < 4.78 is 48.9. The number of ether oxygens (including phenoxy) is 1. The zero-order valence-corrected chi connectivity index (χ0v) is 15.6. The predicted molar refractivity (Wildman–Crippen MR) is 101 cm³/mol. The minimum Gasteiger partial charge on any atom is -0.497 e. The van der Waals surface area contributed by atoms with Crippen molar-refractivity contribution in [3.8, 4) is 5.75 Å². The number of carbonyl (C=O) groups is 1. The lowest BCUT2D eigenvalue weighted by Crippen LogP contribution is -2.15. The van der Waals surface area contributed by atoms with E-state index in [2.05, 4.69) is 15.8 Å². The molecular weight excluding hydrogens is 387 g/mol. The molecule has 0 atom stereocenters. The van der Waals surface area contributed by atoms with Crippen LogP contribution in [0.2, 0.25) is 0 Å². The number of amides is 1. The van der Waals surface area contributed by atoms with Gasteiger partial charge in [-0.1, -0.05) is 23.4 Å². The van der Waals surface area contributed by atoms with Gasteiger partial charge in [0.15, 0.2) is 0 Å². The van der Waals surface area contributed by atoms with Crippen LogP contribution in [0.4, 0.5) is 24.7 Å². The number of rotatable bonds is 6. The van der Waals surface area contributed by atoms with Crippen molar-refractivity contribution in [3.63, 3.8) is 0 Å². The first-order chi connectivity index (χ1) is 13.8. The molecule has 0 saturated carbocycles. The van der Waals surface area contributed by atoms with Crippen molar-refractivity contribution in [3.05, 3.63) is 70.9 Å². The van der Waals surface area contributed by atoms with Crippen LogP contribution in [0.5, 0.6) is 5.75 Å². The quantitative estimate of drug-likeness (QED) is 0.612. The Bertz CT molecular complexity index is 998. The Morgan fingerprint density at radius 2 is 1.90 bits per heavy atom. The number of hydrogen-bond donors (Lipinski definition) is 2. The Balaban J connectivity index is 1.73. The fraction of sp³-hybridized carbons (Fsp3) is 0.200. The molecule has 2 aromatic carbocycles. The standard InChI is InChI=1S/C20H18F3N3O3/c1-12-17(18(27)25-15-5-3-4-14(10-15)20(21,22)23)19(29-26-12)24-11-13-6-8-16(28-2)9-7-13/h3-10,24H,11H2,1-2H3,(H,25,27). The summed E-state index contributed by atoms with van der Waals surface area (Å²) >= 11 is 0. The number of carbonyl (C=O) groups excluding carboxylic acids is 1. The van der Waals surface area contributed by atoms with Crippen molar-refractivity contribution in [2.75, 3.05) is 17.7 Å². The highest BCUT2D eigenvalue weighted by Crippen LogP contribution is 2.31. The maximum atomic E-state index is 12.9. The Kier molecular flexibility index (Phi) is 5.76. The van der Waals surface area contributed by atoms with E-state index in [1.807, 2.05) is 12.1 Å². The predicted octanol–water partition coefficient (Wildman–Crippen LogP) is 4.87. The van der Waals surface area contributed by atoms with Crippen LogP contribution in [0.1, 0.15) is 27.2 Å². The first-order valence-electron chi connectivity index (χ1n) is 8.59. The molecule has 0 aliphatic heterocycles. The molecule has 0 aliphatic carbocycles. The van der Waals surface area contributed by atoms with Crippen LogP contribution in [0.3, 0.4) is 0 Å². The number of nitrogens with zero attached hydrogens (tertiary/aromatic N) is 1. The van der Waals surface area contributed by atoms with E-state index in [0.717, 1.165) is 17.7 Å². The molecule has 0 fully saturated rings. The van der Waals surface area contributed by atoms with Crippen LogP contribution < -0.4 is 15.4 Å². The molecule has 0 unspecified atom stereocenters. The third kappa shape index (κ3) is 4.87. The van der Waals surface area contributed by atoms with Gasteiger partial charge >= 0.3 is 6.18 Å². The van der Waals surface area contributed by atoms with Crippen LogP contribution in [0.15, 0.2) is 53.1 Å². The van der Waals surface area contributed by atoms with Gasteiger partial charge in [0.25, 0.3) is 5.91 Å². The van der Waals surface area contributed by atoms with Crippen molar-refractivity contribution < 1.29 is 27.2 Å². The topological polar surface area (TPSA) is 76.4 Å². The van der Waals surface area contributed by atoms with E-state index in [4.69, 9.17) is 9.26 Å². The van der Waals surface area contributed by atoms with Crippen LogP contribution >= 0.6 is 0 Å². The second kappa shape index (κ2) is 8.26. The van der Waals surface area contributed by atoms with Crippen molar-refractivity contribution in [1.29, 1.82) is 0 Å². The highest BCUT2D eigenvalue weighted by atomic mass is 19.4. The molecule has 29 heavy (non-hydrogen) atoms. The van der Waals surface area contributed by atoms with E-state index < -0.39 is 17.6 Å². The summed E-state index contributed by atoms with van der Waals surface area (Å²) in [5, 5.41) is 9.21. The molecule has 9 heteroatoms. The van der Waals surface area contributed by atoms with Crippen LogP contribution in [-0.4, -0.2) is 18.2 Å². The fourth-order valence-corrected chi connectivity index (χ4v) is 2.65. The van der Waals surface area contributed by atoms with Crippen molar-refractivity contribution in [2.45, 2.75) is 19.6 Å². The molecule has 0 spiro atoms. The molecule has 3 aromatic rings. The molecule has 3 rings (SSSR count). The zero-order chi connectivity index (χ0) is 21.0. The van der Waals surface area contributed by atoms with Gasteiger partial charge in [-0.15, -0.1) is 0 Å². The van der Waals surface area contributed by atoms with E-state index in [-0.39, 0.29) is 17.1 Å². The first kappa shape index (κ1) is 20.2. The molecule has 6 nitrogen and oxygen atoms in total. The highest BCUT2D eigenvalue weighted by Gasteiger charge is 2.30. The Hall–Kier alpha value is -3.49. The SMILES string of the molecule is COc1ccc(CNc2onc(C)c2C(=O)Nc2cccc(C(F)(F)F)c2)cc1. The van der Waals surface area contributed by atoms with Gasteiger partial charge in [0.2, 0.25) is 5.88 Å². The molecule has 0 saturated heterocycles. The van der Waals surface area contributed by atoms with Crippen LogP contribution in [-0.2, 0) is 12.7 Å². The number of aromatic nitrogens is 1. The average molecular weight is 405 g/mol. The molecular formula is C20H18F3N3O3. The summed E-state index contributed by atoms with van der Waals surface area (Å²) in [5.41, 5.74) is 0.508. The number of alkyl halides is 3. The van der Waals surface area contributed by atoms with E-state index in [1.165, 1.54) is 12.1 Å². The van der Waals surface area contributed by atoms with Crippen molar-refractivity contribution in [1.82, 2.24) is 5.16 Å². The number of nitrogens with one attached hydrogen (secondary N) is 2. The van der Waals surface area contributed by atoms with Crippen molar-refractivity contribution >= 4 is 17.5 Å². The molecule has 1 aromatic heterocycles. The molecule has 0 radical (unpaired) electrons. The third-order valence-electron chi connectivity index (χ3n) is 4.15. The monoisotopic (exact) mass is 405 g/mol. The van der Waals surface area contributed by atoms with E-state index in [0.29, 0.717) is 18.0 Å². The van der Waals surface area contributed by atoms with Gasteiger partial charge in [-0.2, -0.15) is 13.2 Å². The summed E-state index contributed by atoms with van der Waals surface area (Å²) in [5.74, 6) is 0.216. The Morgan fingerprint density at radius 1 is 1.17 bits per heavy atom. The molecule has 0 aliphatic rings. The van der Waals surface area contributed by atoms with Crippen LogP contribution in [0.25, 0.3) is 0 Å². The van der Waals surface area contributed by atoms with Gasteiger partial charge in [-0.25, -0.2) is 0 Å². The average Bonchev–Trinajstić information content (AvgIpc) is 3.07. The maximum absolute atomic E-state index is 12.9. The highest BCUT2D eigenvalue weighted by molar-refractivity contribution is 6.08. The normalized spacial score (nSPS) is 11.2. The van der Waals surface area contributed by atoms with Gasteiger partial charge in [-0.05, 0) is 42.8 Å². The summed E-state index contributed by atoms with van der Waals surface area (Å²) in [6.45, 7) is 1.92. The minimum atomic E-state index is -4.50. The smallest absolute Gasteiger partial charge is 0.416 e. The number of hydrogen-bond acceptors (Lipinski definition) is 5. The summed E-state index contributed by atoms with van der Waals surface area (Å²) in [6.07, 6.45) is -4.50. The molecule has 0 bridgehead atoms. The van der Waals surface area contributed by atoms with Gasteiger partial charge in [-0.3, -0.25) is 4.79 Å². The zero-order valence-electron chi connectivity index (χ0n) is 15.6. The molecule has 1 heterocycles. The third-order valence-corrected chi connectivity index (χ3v) is 4.15. The van der Waals surface area contributed by atoms with E-state index >= 15 is 0 Å². The Morgan fingerprint density at radius 3 is 2.55 bits per heavy atom.